The first kappa shape index (κ1) is 11.5. The molecule has 2 N–H and O–H groups in total. The molecule has 0 saturated carbocycles. The number of carbonyl (C=O) groups is 2. The van der Waals surface area contributed by atoms with Crippen LogP contribution in [0.1, 0.15) is 20.3 Å². The van der Waals surface area contributed by atoms with Gasteiger partial charge in [0.15, 0.2) is 0 Å². The average Bonchev–Trinajstić information content (AvgIpc) is 2.01. The molecule has 14 heavy (non-hydrogen) atoms. The van der Waals surface area contributed by atoms with Crippen LogP contribution in [-0.2, 0) is 9.59 Å². The number of amides is 2. The molecule has 1 aliphatic heterocycles. The first-order valence-electron chi connectivity index (χ1n) is 4.70. The third-order valence-electron chi connectivity index (χ3n) is 2.14. The molecule has 2 amide bonds. The van der Waals surface area contributed by atoms with Crippen molar-refractivity contribution in [3.63, 3.8) is 0 Å². The molecule has 1 aliphatic rings. The normalized spacial score (nSPS) is 22.4. The second-order valence-corrected chi connectivity index (χ2v) is 4.70. The molecular formula is C9H16N2O2S. The number of nitrogens with two attached hydrogens (primary N) is 1. The van der Waals surface area contributed by atoms with Gasteiger partial charge >= 0.3 is 0 Å². The lowest BCUT2D eigenvalue weighted by Gasteiger charge is -2.31. The fourth-order valence-electron chi connectivity index (χ4n) is 1.64. The van der Waals surface area contributed by atoms with Crippen LogP contribution in [0, 0.1) is 0 Å². The summed E-state index contributed by atoms with van der Waals surface area (Å²) < 4.78 is 0. The van der Waals surface area contributed by atoms with Gasteiger partial charge in [0.1, 0.15) is 0 Å². The molecule has 1 heterocycles. The van der Waals surface area contributed by atoms with Gasteiger partial charge in [-0.05, 0) is 20.3 Å². The van der Waals surface area contributed by atoms with Gasteiger partial charge in [0.2, 0.25) is 11.8 Å². The highest BCUT2D eigenvalue weighted by Crippen LogP contribution is 2.17. The lowest BCUT2D eigenvalue weighted by Crippen LogP contribution is -2.49. The Morgan fingerprint density at radius 2 is 1.86 bits per heavy atom. The van der Waals surface area contributed by atoms with Gasteiger partial charge in [-0.15, -0.1) is 11.8 Å². The van der Waals surface area contributed by atoms with Crippen molar-refractivity contribution >= 4 is 23.6 Å². The van der Waals surface area contributed by atoms with Crippen molar-refractivity contribution in [1.82, 2.24) is 4.90 Å². The Bertz CT molecular complexity index is 227. The number of nitrogens with zero attached hydrogens (tertiary/aromatic N) is 1. The third-order valence-corrected chi connectivity index (χ3v) is 3.04. The minimum atomic E-state index is -0.0839. The molecule has 0 radical (unpaired) electrons. The van der Waals surface area contributed by atoms with E-state index in [1.54, 1.807) is 0 Å². The lowest BCUT2D eigenvalue weighted by molar-refractivity contribution is -0.144. The van der Waals surface area contributed by atoms with Gasteiger partial charge in [0, 0.05) is 12.1 Å². The minimum absolute atomic E-state index is 0.0141. The Kier molecular flexibility index (Phi) is 3.95. The van der Waals surface area contributed by atoms with Crippen LogP contribution in [0.4, 0.5) is 0 Å². The Morgan fingerprint density at radius 3 is 2.29 bits per heavy atom. The van der Waals surface area contributed by atoms with E-state index in [9.17, 15) is 9.59 Å². The van der Waals surface area contributed by atoms with Crippen molar-refractivity contribution < 1.29 is 9.59 Å². The molecule has 1 fully saturated rings. The largest absolute Gasteiger partial charge is 0.328 e. The second kappa shape index (κ2) is 4.79. The number of carbonyl (C=O) groups excluding carboxylic acids is 2. The zero-order valence-electron chi connectivity index (χ0n) is 8.53. The summed E-state index contributed by atoms with van der Waals surface area (Å²) >= 11 is 1.38. The van der Waals surface area contributed by atoms with E-state index >= 15 is 0 Å². The van der Waals surface area contributed by atoms with E-state index in [4.69, 9.17) is 5.73 Å². The van der Waals surface area contributed by atoms with Crippen LogP contribution >= 0.6 is 11.8 Å². The van der Waals surface area contributed by atoms with Crippen LogP contribution in [-0.4, -0.2) is 40.3 Å². The van der Waals surface area contributed by atoms with Crippen LogP contribution in [0.5, 0.6) is 0 Å². The van der Waals surface area contributed by atoms with Crippen molar-refractivity contribution in [3.05, 3.63) is 0 Å². The third kappa shape index (κ3) is 2.72. The Morgan fingerprint density at radius 1 is 1.36 bits per heavy atom. The summed E-state index contributed by atoms with van der Waals surface area (Å²) in [5.41, 5.74) is 5.64. The maximum atomic E-state index is 11.5. The summed E-state index contributed by atoms with van der Waals surface area (Å²) in [5.74, 6) is 0.656. The molecule has 5 heteroatoms. The van der Waals surface area contributed by atoms with Gasteiger partial charge in [-0.1, -0.05) is 0 Å². The second-order valence-electron chi connectivity index (χ2n) is 3.71. The molecule has 0 bridgehead atoms. The van der Waals surface area contributed by atoms with E-state index in [0.29, 0.717) is 17.9 Å². The predicted molar refractivity (Wildman–Crippen MR) is 56.9 cm³/mol. The molecule has 0 aromatic rings. The van der Waals surface area contributed by atoms with Crippen LogP contribution in [0.2, 0.25) is 0 Å². The number of thioether (sulfide) groups is 1. The summed E-state index contributed by atoms with van der Waals surface area (Å²) in [7, 11) is 0. The van der Waals surface area contributed by atoms with Gasteiger partial charge in [0.05, 0.1) is 11.5 Å². The van der Waals surface area contributed by atoms with E-state index in [2.05, 4.69) is 0 Å². The fourth-order valence-corrected chi connectivity index (χ4v) is 2.37. The maximum Gasteiger partial charge on any atom is 0.239 e. The van der Waals surface area contributed by atoms with E-state index in [0.717, 1.165) is 0 Å². The van der Waals surface area contributed by atoms with Gasteiger partial charge in [0.25, 0.3) is 0 Å². The van der Waals surface area contributed by atoms with Gasteiger partial charge in [-0.2, -0.15) is 0 Å². The van der Waals surface area contributed by atoms with Gasteiger partial charge in [-0.3, -0.25) is 14.5 Å². The highest BCUT2D eigenvalue weighted by atomic mass is 32.2. The van der Waals surface area contributed by atoms with Crippen molar-refractivity contribution in [2.45, 2.75) is 32.4 Å². The minimum Gasteiger partial charge on any atom is -0.328 e. The monoisotopic (exact) mass is 216 g/mol. The van der Waals surface area contributed by atoms with Crippen LogP contribution < -0.4 is 5.73 Å². The highest BCUT2D eigenvalue weighted by molar-refractivity contribution is 8.00. The van der Waals surface area contributed by atoms with E-state index < -0.39 is 0 Å². The van der Waals surface area contributed by atoms with Crippen molar-refractivity contribution in [3.8, 4) is 0 Å². The highest BCUT2D eigenvalue weighted by Gasteiger charge is 2.30. The van der Waals surface area contributed by atoms with Crippen molar-refractivity contribution in [2.24, 2.45) is 5.73 Å². The van der Waals surface area contributed by atoms with Gasteiger partial charge < -0.3 is 5.73 Å². The molecule has 1 saturated heterocycles. The summed E-state index contributed by atoms with van der Waals surface area (Å²) in [6.45, 7) is 3.75. The summed E-state index contributed by atoms with van der Waals surface area (Å²) in [5, 5.41) is 0. The number of rotatable bonds is 3. The number of imide groups is 1. The number of hydrogen-bond donors (Lipinski definition) is 1. The zero-order chi connectivity index (χ0) is 10.7. The van der Waals surface area contributed by atoms with Crippen LogP contribution in [0.15, 0.2) is 0 Å². The van der Waals surface area contributed by atoms with E-state index in [1.165, 1.54) is 16.7 Å². The predicted octanol–water partition coefficient (Wildman–Crippen LogP) is 0.214. The van der Waals surface area contributed by atoms with Crippen molar-refractivity contribution in [2.75, 3.05) is 11.5 Å². The summed E-state index contributed by atoms with van der Waals surface area (Å²) in [6, 6.07) is -0.0592. The number of hydrogen-bond acceptors (Lipinski definition) is 4. The van der Waals surface area contributed by atoms with Crippen LogP contribution in [0.25, 0.3) is 0 Å². The first-order valence-corrected chi connectivity index (χ1v) is 5.86. The van der Waals surface area contributed by atoms with Gasteiger partial charge in [-0.25, -0.2) is 0 Å². The Balaban J connectivity index is 2.63. The quantitative estimate of drug-likeness (QED) is 0.685. The van der Waals surface area contributed by atoms with Crippen LogP contribution in [0.3, 0.4) is 0 Å². The molecular weight excluding hydrogens is 200 g/mol. The summed E-state index contributed by atoms with van der Waals surface area (Å²) in [6.07, 6.45) is 0.669. The Hall–Kier alpha value is -0.550. The van der Waals surface area contributed by atoms with E-state index in [-0.39, 0.29) is 23.9 Å². The zero-order valence-corrected chi connectivity index (χ0v) is 9.34. The molecule has 1 rings (SSSR count). The average molecular weight is 216 g/mol. The van der Waals surface area contributed by atoms with E-state index in [1.807, 2.05) is 13.8 Å². The fraction of sp³-hybridized carbons (Fsp3) is 0.778. The molecule has 2 atom stereocenters. The molecule has 0 spiro atoms. The first-order chi connectivity index (χ1) is 6.52. The summed E-state index contributed by atoms with van der Waals surface area (Å²) in [4.78, 5) is 24.3. The standard InChI is InChI=1S/C9H16N2O2S/c1-6(10)3-7(2)11-8(12)4-14-5-9(11)13/h6-7H,3-5,10H2,1-2H3. The van der Waals surface area contributed by atoms with Crippen molar-refractivity contribution in [1.29, 1.82) is 0 Å². The molecule has 2 unspecified atom stereocenters. The maximum absolute atomic E-state index is 11.5. The molecule has 0 aromatic carbocycles. The smallest absolute Gasteiger partial charge is 0.239 e. The topological polar surface area (TPSA) is 63.4 Å². The lowest BCUT2D eigenvalue weighted by atomic mass is 10.1. The molecule has 4 nitrogen and oxygen atoms in total. The Labute approximate surface area is 88.2 Å². The molecule has 0 aliphatic carbocycles. The molecule has 80 valence electrons. The SMILES string of the molecule is CC(N)CC(C)N1C(=O)CSCC1=O. The molecule has 0 aromatic heterocycles.